The Morgan fingerprint density at radius 2 is 2.22 bits per heavy atom. The number of allylic oxidation sites excluding steroid dienone is 1. The van der Waals surface area contributed by atoms with E-state index in [9.17, 15) is 8.42 Å². The predicted molar refractivity (Wildman–Crippen MR) is 32.3 cm³/mol. The normalized spacial score (nSPS) is 12.7. The quantitative estimate of drug-likeness (QED) is 0.469. The standard InChI is InChI=1S/C4H8O4S/c1-2-3-4-8-9(5,6)7/h2-3H,4H2,1H3,(H,5,6,7). The van der Waals surface area contributed by atoms with Gasteiger partial charge in [-0.3, -0.25) is 4.55 Å². The SMILES string of the molecule is CC=CCOS(=O)(=O)O. The second kappa shape index (κ2) is 3.60. The Hall–Kier alpha value is -0.390. The summed E-state index contributed by atoms with van der Waals surface area (Å²) < 4.78 is 31.5. The number of hydrogen-bond acceptors (Lipinski definition) is 3. The summed E-state index contributed by atoms with van der Waals surface area (Å²) in [4.78, 5) is 0. The summed E-state index contributed by atoms with van der Waals surface area (Å²) in [5.41, 5.74) is 0. The van der Waals surface area contributed by atoms with Crippen molar-refractivity contribution in [2.45, 2.75) is 6.92 Å². The minimum Gasteiger partial charge on any atom is -0.264 e. The average molecular weight is 152 g/mol. The molecule has 0 heterocycles. The van der Waals surface area contributed by atoms with Crippen molar-refractivity contribution in [2.24, 2.45) is 0 Å². The van der Waals surface area contributed by atoms with Crippen LogP contribution in [0, 0.1) is 0 Å². The molecule has 1 N–H and O–H groups in total. The highest BCUT2D eigenvalue weighted by molar-refractivity contribution is 7.80. The maximum absolute atomic E-state index is 9.81. The highest BCUT2D eigenvalue weighted by Gasteiger charge is 1.99. The molecule has 54 valence electrons. The van der Waals surface area contributed by atoms with Gasteiger partial charge in [-0.05, 0) is 6.92 Å². The fraction of sp³-hybridized carbons (Fsp3) is 0.500. The molecule has 0 atom stereocenters. The van der Waals surface area contributed by atoms with Gasteiger partial charge in [0.2, 0.25) is 0 Å². The topological polar surface area (TPSA) is 63.6 Å². The highest BCUT2D eigenvalue weighted by Crippen LogP contribution is 1.84. The van der Waals surface area contributed by atoms with Gasteiger partial charge in [-0.15, -0.1) is 0 Å². The Morgan fingerprint density at radius 3 is 2.56 bits per heavy atom. The zero-order valence-electron chi connectivity index (χ0n) is 4.94. The van der Waals surface area contributed by atoms with Crippen LogP contribution < -0.4 is 0 Å². The molecule has 0 bridgehead atoms. The summed E-state index contributed by atoms with van der Waals surface area (Å²) in [6, 6.07) is 0. The van der Waals surface area contributed by atoms with Crippen LogP contribution >= 0.6 is 0 Å². The summed E-state index contributed by atoms with van der Waals surface area (Å²) in [6.45, 7) is 1.60. The van der Waals surface area contributed by atoms with E-state index >= 15 is 0 Å². The van der Waals surface area contributed by atoms with Gasteiger partial charge in [-0.2, -0.15) is 8.42 Å². The van der Waals surface area contributed by atoms with E-state index < -0.39 is 10.4 Å². The summed E-state index contributed by atoms with van der Waals surface area (Å²) in [7, 11) is -4.25. The Bertz CT molecular complexity index is 179. The molecule has 0 saturated carbocycles. The molecule has 0 rings (SSSR count). The smallest absolute Gasteiger partial charge is 0.264 e. The molecular weight excluding hydrogens is 144 g/mol. The van der Waals surface area contributed by atoms with E-state index in [1.807, 2.05) is 0 Å². The van der Waals surface area contributed by atoms with Gasteiger partial charge in [0.25, 0.3) is 0 Å². The van der Waals surface area contributed by atoms with E-state index in [1.165, 1.54) is 6.08 Å². The fourth-order valence-electron chi connectivity index (χ4n) is 0.221. The third kappa shape index (κ3) is 7.61. The molecule has 0 aromatic rings. The Balaban J connectivity index is 3.53. The van der Waals surface area contributed by atoms with Gasteiger partial charge in [0, 0.05) is 0 Å². The van der Waals surface area contributed by atoms with Crippen molar-refractivity contribution in [3.63, 3.8) is 0 Å². The molecular formula is C4H8O4S. The van der Waals surface area contributed by atoms with E-state index in [0.717, 1.165) is 0 Å². The van der Waals surface area contributed by atoms with E-state index in [1.54, 1.807) is 13.0 Å². The Labute approximate surface area is 54.1 Å². The van der Waals surface area contributed by atoms with Gasteiger partial charge in [-0.1, -0.05) is 12.2 Å². The van der Waals surface area contributed by atoms with Crippen LogP contribution in [0.5, 0.6) is 0 Å². The lowest BCUT2D eigenvalue weighted by molar-refractivity contribution is 0.296. The summed E-state index contributed by atoms with van der Waals surface area (Å²) >= 11 is 0. The van der Waals surface area contributed by atoms with Crippen molar-refractivity contribution in [3.8, 4) is 0 Å². The van der Waals surface area contributed by atoms with Gasteiger partial charge < -0.3 is 0 Å². The van der Waals surface area contributed by atoms with Crippen LogP contribution in [-0.4, -0.2) is 19.6 Å². The highest BCUT2D eigenvalue weighted by atomic mass is 32.3. The lowest BCUT2D eigenvalue weighted by Crippen LogP contribution is -2.02. The molecule has 0 aliphatic carbocycles. The van der Waals surface area contributed by atoms with Gasteiger partial charge >= 0.3 is 10.4 Å². The van der Waals surface area contributed by atoms with Crippen molar-refractivity contribution in [3.05, 3.63) is 12.2 Å². The van der Waals surface area contributed by atoms with Crippen LogP contribution in [0.1, 0.15) is 6.92 Å². The first-order valence-electron chi connectivity index (χ1n) is 2.29. The summed E-state index contributed by atoms with van der Waals surface area (Å²) in [5, 5.41) is 0. The van der Waals surface area contributed by atoms with Gasteiger partial charge in [0.05, 0.1) is 6.61 Å². The monoisotopic (exact) mass is 152 g/mol. The Morgan fingerprint density at radius 1 is 1.67 bits per heavy atom. The molecule has 0 aromatic carbocycles. The third-order valence-electron chi connectivity index (χ3n) is 0.549. The largest absolute Gasteiger partial charge is 0.397 e. The molecule has 0 amide bonds. The Kier molecular flexibility index (Phi) is 3.44. The molecule has 0 aliphatic heterocycles. The third-order valence-corrected chi connectivity index (χ3v) is 0.983. The van der Waals surface area contributed by atoms with Crippen LogP contribution in [0.25, 0.3) is 0 Å². The molecule has 0 fully saturated rings. The summed E-state index contributed by atoms with van der Waals surface area (Å²) in [5.74, 6) is 0. The maximum atomic E-state index is 9.81. The lowest BCUT2D eigenvalue weighted by Gasteiger charge is -1.90. The van der Waals surface area contributed by atoms with E-state index in [4.69, 9.17) is 4.55 Å². The fourth-order valence-corrected chi connectivity index (χ4v) is 0.472. The predicted octanol–water partition coefficient (Wildman–Crippen LogP) is 0.382. The molecule has 0 unspecified atom stereocenters. The van der Waals surface area contributed by atoms with Crippen LogP contribution in [0.4, 0.5) is 0 Å². The van der Waals surface area contributed by atoms with Crippen LogP contribution in [0.3, 0.4) is 0 Å². The molecule has 0 radical (unpaired) electrons. The first-order valence-corrected chi connectivity index (χ1v) is 3.66. The van der Waals surface area contributed by atoms with E-state index in [0.29, 0.717) is 0 Å². The molecule has 5 heteroatoms. The molecule has 0 saturated heterocycles. The van der Waals surface area contributed by atoms with Crippen LogP contribution in [-0.2, 0) is 14.6 Å². The first-order chi connectivity index (χ1) is 4.06. The second-order valence-electron chi connectivity index (χ2n) is 1.28. The molecule has 4 nitrogen and oxygen atoms in total. The molecule has 0 spiro atoms. The van der Waals surface area contributed by atoms with Crippen LogP contribution in [0.15, 0.2) is 12.2 Å². The van der Waals surface area contributed by atoms with Crippen molar-refractivity contribution >= 4 is 10.4 Å². The molecule has 0 aromatic heterocycles. The minimum atomic E-state index is -4.25. The molecule has 9 heavy (non-hydrogen) atoms. The van der Waals surface area contributed by atoms with Crippen LogP contribution in [0.2, 0.25) is 0 Å². The van der Waals surface area contributed by atoms with Crippen molar-refractivity contribution in [2.75, 3.05) is 6.61 Å². The number of rotatable bonds is 3. The van der Waals surface area contributed by atoms with Gasteiger partial charge in [0.1, 0.15) is 0 Å². The number of hydrogen-bond donors (Lipinski definition) is 1. The minimum absolute atomic E-state index is 0.116. The van der Waals surface area contributed by atoms with Crippen molar-refractivity contribution in [1.29, 1.82) is 0 Å². The first kappa shape index (κ1) is 8.61. The van der Waals surface area contributed by atoms with Crippen molar-refractivity contribution < 1.29 is 17.2 Å². The van der Waals surface area contributed by atoms with E-state index in [-0.39, 0.29) is 6.61 Å². The second-order valence-corrected chi connectivity index (χ2v) is 2.37. The van der Waals surface area contributed by atoms with E-state index in [2.05, 4.69) is 4.18 Å². The average Bonchev–Trinajstić information content (AvgIpc) is 1.63. The maximum Gasteiger partial charge on any atom is 0.397 e. The van der Waals surface area contributed by atoms with Crippen molar-refractivity contribution in [1.82, 2.24) is 0 Å². The lowest BCUT2D eigenvalue weighted by atomic mass is 10.6. The molecule has 0 aliphatic rings. The zero-order valence-corrected chi connectivity index (χ0v) is 5.76. The van der Waals surface area contributed by atoms with Gasteiger partial charge in [0.15, 0.2) is 0 Å². The summed E-state index contributed by atoms with van der Waals surface area (Å²) in [6.07, 6.45) is 3.08. The zero-order chi connectivity index (χ0) is 7.33. The van der Waals surface area contributed by atoms with Gasteiger partial charge in [-0.25, -0.2) is 4.18 Å².